The van der Waals surface area contributed by atoms with Crippen molar-refractivity contribution in [3.8, 4) is 0 Å². The lowest BCUT2D eigenvalue weighted by Gasteiger charge is -2.27. The van der Waals surface area contributed by atoms with E-state index in [4.69, 9.17) is 10.5 Å². The van der Waals surface area contributed by atoms with Gasteiger partial charge in [-0.15, -0.1) is 0 Å². The van der Waals surface area contributed by atoms with E-state index in [1.807, 2.05) is 0 Å². The number of primary amides is 1. The summed E-state index contributed by atoms with van der Waals surface area (Å²) in [5, 5.41) is 2.47. The van der Waals surface area contributed by atoms with Crippen LogP contribution in [-0.2, 0) is 14.3 Å². The monoisotopic (exact) mass is 285 g/mol. The smallest absolute Gasteiger partial charge is 0.408 e. The Bertz CT molecular complexity index is 403. The maximum absolute atomic E-state index is 12.2. The van der Waals surface area contributed by atoms with Crippen LogP contribution in [0.5, 0.6) is 0 Å². The number of nitrogens with two attached hydrogens (primary N) is 1. The van der Waals surface area contributed by atoms with Crippen LogP contribution in [0.3, 0.4) is 0 Å². The Morgan fingerprint density at radius 3 is 2.45 bits per heavy atom. The molecular formula is C13H23N3O4. The molecule has 3 amide bonds. The van der Waals surface area contributed by atoms with Crippen LogP contribution < -0.4 is 11.1 Å². The molecule has 114 valence electrons. The first-order chi connectivity index (χ1) is 9.11. The van der Waals surface area contributed by atoms with Crippen LogP contribution in [0.1, 0.15) is 40.5 Å². The molecule has 1 aliphatic heterocycles. The molecule has 0 spiro atoms. The number of hydrogen-bond acceptors (Lipinski definition) is 4. The van der Waals surface area contributed by atoms with E-state index in [2.05, 4.69) is 5.32 Å². The molecule has 0 bridgehead atoms. The molecule has 0 radical (unpaired) electrons. The zero-order valence-electron chi connectivity index (χ0n) is 12.4. The zero-order chi connectivity index (χ0) is 15.5. The number of amides is 3. The zero-order valence-corrected chi connectivity index (χ0v) is 12.4. The van der Waals surface area contributed by atoms with Crippen LogP contribution in [0, 0.1) is 0 Å². The molecule has 1 fully saturated rings. The van der Waals surface area contributed by atoms with E-state index in [0.717, 1.165) is 6.42 Å². The average molecular weight is 285 g/mol. The minimum Gasteiger partial charge on any atom is -0.444 e. The number of alkyl carbamates (subject to hydrolysis) is 1. The van der Waals surface area contributed by atoms with Gasteiger partial charge < -0.3 is 20.7 Å². The van der Waals surface area contributed by atoms with Crippen LogP contribution >= 0.6 is 0 Å². The second-order valence-electron chi connectivity index (χ2n) is 5.96. The summed E-state index contributed by atoms with van der Waals surface area (Å²) < 4.78 is 5.08. The van der Waals surface area contributed by atoms with Crippen molar-refractivity contribution in [2.75, 3.05) is 6.54 Å². The maximum Gasteiger partial charge on any atom is 0.408 e. The topological polar surface area (TPSA) is 102 Å². The molecule has 20 heavy (non-hydrogen) atoms. The third-order valence-corrected chi connectivity index (χ3v) is 2.97. The fourth-order valence-electron chi connectivity index (χ4n) is 2.12. The molecule has 1 saturated heterocycles. The lowest BCUT2D eigenvalue weighted by Crippen LogP contribution is -2.52. The maximum atomic E-state index is 12.2. The summed E-state index contributed by atoms with van der Waals surface area (Å²) in [5.41, 5.74) is 4.64. The first kappa shape index (κ1) is 16.3. The highest BCUT2D eigenvalue weighted by Gasteiger charge is 2.35. The lowest BCUT2D eigenvalue weighted by molar-refractivity contribution is -0.138. The van der Waals surface area contributed by atoms with Gasteiger partial charge in [-0.1, -0.05) is 0 Å². The van der Waals surface area contributed by atoms with Crippen molar-refractivity contribution in [1.29, 1.82) is 0 Å². The predicted molar refractivity (Wildman–Crippen MR) is 72.8 cm³/mol. The molecule has 1 rings (SSSR count). The number of likely N-dealkylation sites (tertiary alicyclic amines) is 1. The predicted octanol–water partition coefficient (Wildman–Crippen LogP) is 0.376. The van der Waals surface area contributed by atoms with Crippen molar-refractivity contribution in [1.82, 2.24) is 10.2 Å². The molecule has 7 heteroatoms. The van der Waals surface area contributed by atoms with Gasteiger partial charge in [-0.3, -0.25) is 9.59 Å². The molecule has 0 unspecified atom stereocenters. The van der Waals surface area contributed by atoms with Gasteiger partial charge >= 0.3 is 6.09 Å². The van der Waals surface area contributed by atoms with Crippen molar-refractivity contribution in [2.45, 2.75) is 58.2 Å². The molecule has 0 saturated carbocycles. The van der Waals surface area contributed by atoms with Gasteiger partial charge in [-0.05, 0) is 40.5 Å². The summed E-state index contributed by atoms with van der Waals surface area (Å²) in [4.78, 5) is 36.5. The van der Waals surface area contributed by atoms with Crippen molar-refractivity contribution in [3.63, 3.8) is 0 Å². The SMILES string of the molecule is C[C@H](NC(=O)OC(C)(C)C)C(=O)N1CCC[C@H]1C(N)=O. The number of carbonyl (C=O) groups is 3. The summed E-state index contributed by atoms with van der Waals surface area (Å²) in [5.74, 6) is -0.836. The summed E-state index contributed by atoms with van der Waals surface area (Å²) >= 11 is 0. The molecule has 0 aromatic carbocycles. The van der Waals surface area contributed by atoms with E-state index < -0.39 is 29.7 Å². The number of ether oxygens (including phenoxy) is 1. The highest BCUT2D eigenvalue weighted by molar-refractivity contribution is 5.91. The molecule has 0 aromatic heterocycles. The van der Waals surface area contributed by atoms with Crippen molar-refractivity contribution in [3.05, 3.63) is 0 Å². The van der Waals surface area contributed by atoms with E-state index in [-0.39, 0.29) is 5.91 Å². The lowest BCUT2D eigenvalue weighted by atomic mass is 10.2. The fraction of sp³-hybridized carbons (Fsp3) is 0.769. The van der Waals surface area contributed by atoms with Crippen LogP contribution in [-0.4, -0.2) is 47.0 Å². The van der Waals surface area contributed by atoms with Crippen molar-refractivity contribution >= 4 is 17.9 Å². The van der Waals surface area contributed by atoms with E-state index in [1.54, 1.807) is 27.7 Å². The van der Waals surface area contributed by atoms with Crippen molar-refractivity contribution < 1.29 is 19.1 Å². The van der Waals surface area contributed by atoms with E-state index in [1.165, 1.54) is 4.90 Å². The van der Waals surface area contributed by atoms with Crippen LogP contribution in [0.4, 0.5) is 4.79 Å². The highest BCUT2D eigenvalue weighted by atomic mass is 16.6. The normalized spacial score (nSPS) is 20.4. The largest absolute Gasteiger partial charge is 0.444 e. The summed E-state index contributed by atoms with van der Waals surface area (Å²) in [6, 6.07) is -1.34. The molecule has 3 N–H and O–H groups in total. The minimum absolute atomic E-state index is 0.322. The molecule has 2 atom stereocenters. The van der Waals surface area contributed by atoms with Crippen LogP contribution in [0.25, 0.3) is 0 Å². The Kier molecular flexibility index (Phi) is 4.97. The molecule has 1 heterocycles. The molecule has 0 aliphatic carbocycles. The molecule has 0 aromatic rings. The van der Waals surface area contributed by atoms with E-state index in [9.17, 15) is 14.4 Å². The van der Waals surface area contributed by atoms with Gasteiger partial charge in [0, 0.05) is 6.54 Å². The molecule has 7 nitrogen and oxygen atoms in total. The molecular weight excluding hydrogens is 262 g/mol. The van der Waals surface area contributed by atoms with E-state index >= 15 is 0 Å². The van der Waals surface area contributed by atoms with Crippen LogP contribution in [0.15, 0.2) is 0 Å². The number of carbonyl (C=O) groups excluding carboxylic acids is 3. The summed E-state index contributed by atoms with van der Waals surface area (Å²) in [7, 11) is 0. The number of hydrogen-bond donors (Lipinski definition) is 2. The Labute approximate surface area is 118 Å². The van der Waals surface area contributed by atoms with Gasteiger partial charge in [0.25, 0.3) is 0 Å². The summed E-state index contributed by atoms with van der Waals surface area (Å²) in [6.07, 6.45) is 0.645. The Morgan fingerprint density at radius 1 is 1.35 bits per heavy atom. The van der Waals surface area contributed by atoms with E-state index in [0.29, 0.717) is 13.0 Å². The Balaban J connectivity index is 2.59. The van der Waals surface area contributed by atoms with Gasteiger partial charge in [-0.25, -0.2) is 4.79 Å². The first-order valence-electron chi connectivity index (χ1n) is 6.71. The van der Waals surface area contributed by atoms with Crippen LogP contribution in [0.2, 0.25) is 0 Å². The third kappa shape index (κ3) is 4.40. The quantitative estimate of drug-likeness (QED) is 0.782. The van der Waals surface area contributed by atoms with Gasteiger partial charge in [-0.2, -0.15) is 0 Å². The number of rotatable bonds is 3. The van der Waals surface area contributed by atoms with Crippen molar-refractivity contribution in [2.24, 2.45) is 5.73 Å². The summed E-state index contributed by atoms with van der Waals surface area (Å²) in [6.45, 7) is 7.25. The van der Waals surface area contributed by atoms with Gasteiger partial charge in [0.2, 0.25) is 11.8 Å². The third-order valence-electron chi connectivity index (χ3n) is 2.97. The fourth-order valence-corrected chi connectivity index (χ4v) is 2.12. The average Bonchev–Trinajstić information content (AvgIpc) is 2.73. The Hall–Kier alpha value is -1.79. The molecule has 1 aliphatic rings. The highest BCUT2D eigenvalue weighted by Crippen LogP contribution is 2.18. The first-order valence-corrected chi connectivity index (χ1v) is 6.71. The van der Waals surface area contributed by atoms with Gasteiger partial charge in [0.05, 0.1) is 0 Å². The Morgan fingerprint density at radius 2 is 1.95 bits per heavy atom. The van der Waals surface area contributed by atoms with Gasteiger partial charge in [0.1, 0.15) is 17.7 Å². The minimum atomic E-state index is -0.759. The second-order valence-corrected chi connectivity index (χ2v) is 5.96. The van der Waals surface area contributed by atoms with Gasteiger partial charge in [0.15, 0.2) is 0 Å². The standard InChI is InChI=1S/C13H23N3O4/c1-8(15-12(19)20-13(2,3)4)11(18)16-7-5-6-9(16)10(14)17/h8-9H,5-7H2,1-4H3,(H2,14,17)(H,15,19)/t8-,9-/m0/s1. The second kappa shape index (κ2) is 6.11. The number of nitrogens with one attached hydrogen (secondary N) is 1. The number of nitrogens with zero attached hydrogens (tertiary/aromatic N) is 1.